The number of carbonyl (C=O) groups is 1. The highest BCUT2D eigenvalue weighted by Crippen LogP contribution is 2.45. The quantitative estimate of drug-likeness (QED) is 0.381. The van der Waals surface area contributed by atoms with E-state index in [1.807, 2.05) is 0 Å². The second-order valence-corrected chi connectivity index (χ2v) is 7.43. The summed E-state index contributed by atoms with van der Waals surface area (Å²) >= 11 is 0. The van der Waals surface area contributed by atoms with E-state index in [2.05, 4.69) is 4.99 Å². The van der Waals surface area contributed by atoms with Gasteiger partial charge in [-0.25, -0.2) is 9.79 Å². The zero-order chi connectivity index (χ0) is 24.5. The summed E-state index contributed by atoms with van der Waals surface area (Å²) in [5.41, 5.74) is 1.87. The maximum atomic E-state index is 12.9. The van der Waals surface area contributed by atoms with Gasteiger partial charge in [0.1, 0.15) is 17.3 Å². The molecule has 0 radical (unpaired) electrons. The van der Waals surface area contributed by atoms with Crippen molar-refractivity contribution in [3.8, 4) is 28.7 Å². The number of hydrogen-bond acceptors (Lipinski definition) is 9. The molecule has 0 saturated carbocycles. The standard InChI is InChI=1S/C26H21NO8/c1-29-15-7-8-18-16(12-15)17(23-26(28)35-25(27-23)19-6-5-9-33-19)13-20(34-18)14-10-21(30-2)24(32-4)22(11-14)31-3/h5-13H,1-4H3. The van der Waals surface area contributed by atoms with Gasteiger partial charge in [0.25, 0.3) is 5.90 Å². The van der Waals surface area contributed by atoms with Crippen LogP contribution in [-0.2, 0) is 9.53 Å². The van der Waals surface area contributed by atoms with Crippen molar-refractivity contribution in [3.05, 3.63) is 77.4 Å². The van der Waals surface area contributed by atoms with Crippen LogP contribution in [-0.4, -0.2) is 40.3 Å². The molecule has 9 heteroatoms. The van der Waals surface area contributed by atoms with E-state index in [4.69, 9.17) is 32.8 Å². The Bertz CT molecular complexity index is 1370. The number of cyclic esters (lactones) is 1. The van der Waals surface area contributed by atoms with Gasteiger partial charge in [-0.1, -0.05) is 0 Å². The van der Waals surface area contributed by atoms with Crippen LogP contribution in [0, 0.1) is 0 Å². The zero-order valence-corrected chi connectivity index (χ0v) is 19.4. The molecule has 2 aliphatic heterocycles. The molecule has 0 amide bonds. The number of methoxy groups -OCH3 is 4. The molecule has 3 aromatic rings. The van der Waals surface area contributed by atoms with Gasteiger partial charge in [-0.2, -0.15) is 0 Å². The van der Waals surface area contributed by atoms with Gasteiger partial charge in [0.15, 0.2) is 23.0 Å². The Balaban J connectivity index is 1.71. The maximum Gasteiger partial charge on any atom is 0.364 e. The highest BCUT2D eigenvalue weighted by molar-refractivity contribution is 6.15. The van der Waals surface area contributed by atoms with Crippen molar-refractivity contribution in [2.75, 3.05) is 28.4 Å². The largest absolute Gasteiger partial charge is 0.497 e. The fourth-order valence-electron chi connectivity index (χ4n) is 3.84. The molecule has 0 aliphatic carbocycles. The van der Waals surface area contributed by atoms with Crippen molar-refractivity contribution in [1.82, 2.24) is 0 Å². The molecule has 2 aliphatic rings. The maximum absolute atomic E-state index is 12.9. The van der Waals surface area contributed by atoms with Crippen LogP contribution in [0.5, 0.6) is 28.7 Å². The smallest absolute Gasteiger partial charge is 0.364 e. The summed E-state index contributed by atoms with van der Waals surface area (Å²) in [6.45, 7) is 0. The summed E-state index contributed by atoms with van der Waals surface area (Å²) in [5.74, 6) is 2.74. The summed E-state index contributed by atoms with van der Waals surface area (Å²) in [7, 11) is 6.16. The van der Waals surface area contributed by atoms with Crippen LogP contribution in [0.2, 0.25) is 0 Å². The summed E-state index contributed by atoms with van der Waals surface area (Å²) < 4.78 is 38.7. The van der Waals surface area contributed by atoms with E-state index in [1.165, 1.54) is 27.6 Å². The number of fused-ring (bicyclic) bond motifs is 1. The number of ether oxygens (including phenoxy) is 6. The number of allylic oxidation sites excluding steroid dienone is 2. The molecule has 1 aromatic heterocycles. The molecule has 0 N–H and O–H groups in total. The van der Waals surface area contributed by atoms with E-state index in [0.29, 0.717) is 57.0 Å². The Morgan fingerprint density at radius 2 is 1.63 bits per heavy atom. The predicted octanol–water partition coefficient (Wildman–Crippen LogP) is 4.46. The number of rotatable bonds is 6. The SMILES string of the molecule is COc1ccc2c(c1)C(=C1N=C(c3ccco3)OC1=O)C=C(c1cc(OC)c(OC)c(OC)c1)O2. The minimum atomic E-state index is -0.609. The number of carbonyl (C=O) groups excluding carboxylic acids is 1. The molecule has 0 atom stereocenters. The van der Waals surface area contributed by atoms with E-state index < -0.39 is 5.97 Å². The molecule has 35 heavy (non-hydrogen) atoms. The van der Waals surface area contributed by atoms with Crippen molar-refractivity contribution >= 4 is 23.2 Å². The minimum absolute atomic E-state index is 0.0844. The molecule has 5 rings (SSSR count). The van der Waals surface area contributed by atoms with Gasteiger partial charge >= 0.3 is 5.97 Å². The summed E-state index contributed by atoms with van der Waals surface area (Å²) in [5, 5.41) is 0. The van der Waals surface area contributed by atoms with Gasteiger partial charge < -0.3 is 32.8 Å². The second kappa shape index (κ2) is 8.94. The second-order valence-electron chi connectivity index (χ2n) is 7.43. The first-order valence-corrected chi connectivity index (χ1v) is 10.5. The normalized spacial score (nSPS) is 16.5. The summed E-state index contributed by atoms with van der Waals surface area (Å²) in [6.07, 6.45) is 3.20. The third kappa shape index (κ3) is 3.86. The average Bonchev–Trinajstić information content (AvgIpc) is 3.56. The Labute approximate surface area is 200 Å². The monoisotopic (exact) mass is 475 g/mol. The van der Waals surface area contributed by atoms with Crippen LogP contribution in [0.3, 0.4) is 0 Å². The topological polar surface area (TPSA) is 98.0 Å². The van der Waals surface area contributed by atoms with Gasteiger partial charge in [0.2, 0.25) is 5.75 Å². The Morgan fingerprint density at radius 3 is 2.26 bits per heavy atom. The van der Waals surface area contributed by atoms with E-state index in [-0.39, 0.29) is 11.6 Å². The highest BCUT2D eigenvalue weighted by atomic mass is 16.6. The molecular weight excluding hydrogens is 454 g/mol. The fourth-order valence-corrected chi connectivity index (χ4v) is 3.84. The number of nitrogens with zero attached hydrogens (tertiary/aromatic N) is 1. The molecular formula is C26H21NO8. The van der Waals surface area contributed by atoms with Crippen LogP contribution in [0.25, 0.3) is 11.3 Å². The van der Waals surface area contributed by atoms with E-state index in [9.17, 15) is 4.79 Å². The molecule has 178 valence electrons. The van der Waals surface area contributed by atoms with Gasteiger partial charge in [0, 0.05) is 16.7 Å². The number of benzene rings is 2. The van der Waals surface area contributed by atoms with Crippen molar-refractivity contribution in [2.24, 2.45) is 4.99 Å². The van der Waals surface area contributed by atoms with Crippen LogP contribution in [0.4, 0.5) is 0 Å². The minimum Gasteiger partial charge on any atom is -0.497 e. The average molecular weight is 475 g/mol. The molecule has 9 nitrogen and oxygen atoms in total. The molecule has 0 saturated heterocycles. The molecule has 0 unspecified atom stereocenters. The van der Waals surface area contributed by atoms with Crippen LogP contribution in [0.1, 0.15) is 16.9 Å². The van der Waals surface area contributed by atoms with Gasteiger partial charge in [-0.3, -0.25) is 0 Å². The molecule has 0 fully saturated rings. The Morgan fingerprint density at radius 1 is 0.857 bits per heavy atom. The van der Waals surface area contributed by atoms with Gasteiger partial charge in [-0.15, -0.1) is 0 Å². The van der Waals surface area contributed by atoms with Crippen molar-refractivity contribution in [3.63, 3.8) is 0 Å². The number of hydrogen-bond donors (Lipinski definition) is 0. The molecule has 0 bridgehead atoms. The lowest BCUT2D eigenvalue weighted by molar-refractivity contribution is -0.130. The van der Waals surface area contributed by atoms with Crippen molar-refractivity contribution in [1.29, 1.82) is 0 Å². The Hall–Kier alpha value is -4.66. The van der Waals surface area contributed by atoms with Crippen molar-refractivity contribution < 1.29 is 37.6 Å². The summed E-state index contributed by atoms with van der Waals surface area (Å²) in [6, 6.07) is 12.2. The molecule has 3 heterocycles. The fraction of sp³-hybridized carbons (Fsp3) is 0.154. The van der Waals surface area contributed by atoms with Crippen LogP contribution >= 0.6 is 0 Å². The highest BCUT2D eigenvalue weighted by Gasteiger charge is 2.32. The molecule has 0 spiro atoms. The number of esters is 1. The first-order valence-electron chi connectivity index (χ1n) is 10.5. The van der Waals surface area contributed by atoms with Gasteiger partial charge in [-0.05, 0) is 48.5 Å². The lowest BCUT2D eigenvalue weighted by Crippen LogP contribution is -2.09. The summed E-state index contributed by atoms with van der Waals surface area (Å²) in [4.78, 5) is 17.3. The van der Waals surface area contributed by atoms with E-state index >= 15 is 0 Å². The van der Waals surface area contributed by atoms with E-state index in [1.54, 1.807) is 55.7 Å². The van der Waals surface area contributed by atoms with Crippen molar-refractivity contribution in [2.45, 2.75) is 0 Å². The number of aliphatic imine (C=N–C) groups is 1. The predicted molar refractivity (Wildman–Crippen MR) is 126 cm³/mol. The Kier molecular flexibility index (Phi) is 5.66. The molecule has 2 aromatic carbocycles. The van der Waals surface area contributed by atoms with Gasteiger partial charge in [0.05, 0.1) is 34.7 Å². The van der Waals surface area contributed by atoms with Crippen LogP contribution < -0.4 is 23.7 Å². The van der Waals surface area contributed by atoms with Crippen LogP contribution in [0.15, 0.2) is 69.9 Å². The third-order valence-electron chi connectivity index (χ3n) is 5.50. The number of furan rings is 1. The van der Waals surface area contributed by atoms with E-state index in [0.717, 1.165) is 0 Å². The lowest BCUT2D eigenvalue weighted by Gasteiger charge is -2.22. The lowest BCUT2D eigenvalue weighted by atomic mass is 9.97. The first kappa shape index (κ1) is 22.1. The third-order valence-corrected chi connectivity index (χ3v) is 5.50. The zero-order valence-electron chi connectivity index (χ0n) is 19.4. The first-order chi connectivity index (χ1) is 17.1.